The van der Waals surface area contributed by atoms with E-state index in [1.165, 1.54) is 0 Å². The van der Waals surface area contributed by atoms with Crippen molar-refractivity contribution in [3.8, 4) is 0 Å². The van der Waals surface area contributed by atoms with Gasteiger partial charge in [-0.1, -0.05) is 25.1 Å². The first-order chi connectivity index (χ1) is 17.1. The average Bonchev–Trinajstić information content (AvgIpc) is 2.78. The van der Waals surface area contributed by atoms with Gasteiger partial charge in [0, 0.05) is 42.6 Å². The summed E-state index contributed by atoms with van der Waals surface area (Å²) in [7, 11) is 0. The Balaban J connectivity index is 1.34. The first-order valence-corrected chi connectivity index (χ1v) is 12.6. The zero-order valence-electron chi connectivity index (χ0n) is 21.7. The lowest BCUT2D eigenvalue weighted by molar-refractivity contribution is -0.124. The van der Waals surface area contributed by atoms with Crippen LogP contribution in [0.25, 0.3) is 0 Å². The molecule has 2 N–H and O–H groups in total. The van der Waals surface area contributed by atoms with Crippen molar-refractivity contribution < 1.29 is 19.1 Å². The molecule has 2 aliphatic heterocycles. The quantitative estimate of drug-likeness (QED) is 0.600. The molecule has 0 radical (unpaired) electrons. The van der Waals surface area contributed by atoms with Crippen LogP contribution in [0.15, 0.2) is 48.5 Å². The minimum atomic E-state index is -0.551. The van der Waals surface area contributed by atoms with E-state index in [9.17, 15) is 14.4 Å². The first-order valence-electron chi connectivity index (χ1n) is 12.6. The molecule has 8 heteroatoms. The molecule has 0 aliphatic carbocycles. The Morgan fingerprint density at radius 3 is 2.28 bits per heavy atom. The van der Waals surface area contributed by atoms with Gasteiger partial charge in [0.15, 0.2) is 0 Å². The second-order valence-electron chi connectivity index (χ2n) is 10.6. The molecule has 0 bridgehead atoms. The molecule has 3 amide bonds. The van der Waals surface area contributed by atoms with Gasteiger partial charge in [-0.2, -0.15) is 0 Å². The van der Waals surface area contributed by atoms with Gasteiger partial charge in [0.05, 0.1) is 12.0 Å². The Bertz CT molecular complexity index is 1120. The highest BCUT2D eigenvalue weighted by Gasteiger charge is 2.38. The van der Waals surface area contributed by atoms with Gasteiger partial charge >= 0.3 is 6.09 Å². The van der Waals surface area contributed by atoms with Crippen LogP contribution in [0.1, 0.15) is 59.1 Å². The molecular formula is C28H36N4O4. The number of carbonyl (C=O) groups is 3. The average molecular weight is 493 g/mol. The second-order valence-corrected chi connectivity index (χ2v) is 10.6. The highest BCUT2D eigenvalue weighted by atomic mass is 16.6. The molecule has 8 nitrogen and oxygen atoms in total. The van der Waals surface area contributed by atoms with Crippen LogP contribution in [0.2, 0.25) is 0 Å². The minimum absolute atomic E-state index is 0.0753. The lowest BCUT2D eigenvalue weighted by Crippen LogP contribution is -2.55. The SMILES string of the molecule is CCC(=O)N1c2ccccc2[C@H](Nc2ccc(NC(=O)C3CN(C(=O)OC(C)(C)C)C3)cc2)C[C@@H]1C. The van der Waals surface area contributed by atoms with E-state index in [0.29, 0.717) is 25.2 Å². The molecule has 1 saturated heterocycles. The number of nitrogens with zero attached hydrogens (tertiary/aromatic N) is 2. The van der Waals surface area contributed by atoms with Gasteiger partial charge in [-0.15, -0.1) is 0 Å². The maximum Gasteiger partial charge on any atom is 0.410 e. The van der Waals surface area contributed by atoms with Crippen molar-refractivity contribution in [2.45, 2.75) is 65.1 Å². The van der Waals surface area contributed by atoms with Crippen LogP contribution in [-0.2, 0) is 14.3 Å². The number of likely N-dealkylation sites (tertiary alicyclic amines) is 1. The largest absolute Gasteiger partial charge is 0.444 e. The number of nitrogens with one attached hydrogen (secondary N) is 2. The Morgan fingerprint density at radius 2 is 1.64 bits per heavy atom. The van der Waals surface area contributed by atoms with Crippen LogP contribution in [0.4, 0.5) is 21.9 Å². The van der Waals surface area contributed by atoms with Gasteiger partial charge in [0.1, 0.15) is 5.60 Å². The topological polar surface area (TPSA) is 91.0 Å². The number of ether oxygens (including phenoxy) is 1. The van der Waals surface area contributed by atoms with E-state index in [4.69, 9.17) is 4.74 Å². The number of amides is 3. The highest BCUT2D eigenvalue weighted by molar-refractivity contribution is 5.95. The van der Waals surface area contributed by atoms with E-state index < -0.39 is 5.60 Å². The van der Waals surface area contributed by atoms with Gasteiger partial charge in [0.25, 0.3) is 0 Å². The molecule has 2 aromatic rings. The summed E-state index contributed by atoms with van der Waals surface area (Å²) in [6, 6.07) is 15.8. The maximum absolute atomic E-state index is 12.6. The normalized spacial score (nSPS) is 19.7. The van der Waals surface area contributed by atoms with Crippen molar-refractivity contribution >= 4 is 35.0 Å². The molecule has 2 aliphatic rings. The number of carbonyl (C=O) groups excluding carboxylic acids is 3. The standard InChI is InChI=1S/C28H36N4O4/c1-6-25(33)32-18(2)15-23(22-9-7-8-10-24(22)32)29-20-11-13-21(14-12-20)30-26(34)19-16-31(17-19)27(35)36-28(3,4)5/h7-14,18-19,23,29H,6,15-17H2,1-5H3,(H,30,34)/t18-,23+/m0/s1. The number of fused-ring (bicyclic) bond motifs is 1. The number of para-hydroxylation sites is 1. The number of anilines is 3. The Kier molecular flexibility index (Phi) is 7.24. The van der Waals surface area contributed by atoms with Crippen molar-refractivity contribution in [1.29, 1.82) is 0 Å². The van der Waals surface area contributed by atoms with E-state index >= 15 is 0 Å². The molecule has 0 unspecified atom stereocenters. The lowest BCUT2D eigenvalue weighted by Gasteiger charge is -2.40. The van der Waals surface area contributed by atoms with Crippen molar-refractivity contribution in [3.63, 3.8) is 0 Å². The van der Waals surface area contributed by atoms with Crippen LogP contribution in [0.3, 0.4) is 0 Å². The smallest absolute Gasteiger partial charge is 0.410 e. The second kappa shape index (κ2) is 10.2. The minimum Gasteiger partial charge on any atom is -0.444 e. The number of rotatable bonds is 5. The fraction of sp³-hybridized carbons (Fsp3) is 0.464. The van der Waals surface area contributed by atoms with Crippen LogP contribution in [-0.4, -0.2) is 47.5 Å². The third-order valence-corrected chi connectivity index (χ3v) is 6.56. The Hall–Kier alpha value is -3.55. The van der Waals surface area contributed by atoms with E-state index in [0.717, 1.165) is 23.4 Å². The molecule has 0 saturated carbocycles. The molecule has 2 heterocycles. The van der Waals surface area contributed by atoms with Crippen LogP contribution < -0.4 is 15.5 Å². The Morgan fingerprint density at radius 1 is 1.00 bits per heavy atom. The summed E-state index contributed by atoms with van der Waals surface area (Å²) in [4.78, 5) is 40.7. The number of hydrogen-bond acceptors (Lipinski definition) is 5. The monoisotopic (exact) mass is 492 g/mol. The van der Waals surface area contributed by atoms with Gasteiger partial charge in [-0.25, -0.2) is 4.79 Å². The predicted octanol–water partition coefficient (Wildman–Crippen LogP) is 5.18. The molecule has 4 rings (SSSR count). The molecule has 192 valence electrons. The van der Waals surface area contributed by atoms with Crippen molar-refractivity contribution in [1.82, 2.24) is 4.90 Å². The van der Waals surface area contributed by atoms with Crippen LogP contribution in [0, 0.1) is 5.92 Å². The molecule has 2 atom stereocenters. The van der Waals surface area contributed by atoms with Gasteiger partial charge in [-0.05, 0) is 70.0 Å². The van der Waals surface area contributed by atoms with Crippen molar-refractivity contribution in [3.05, 3.63) is 54.1 Å². The Labute approximate surface area is 213 Å². The zero-order chi connectivity index (χ0) is 26.0. The summed E-state index contributed by atoms with van der Waals surface area (Å²) < 4.78 is 5.34. The van der Waals surface area contributed by atoms with Crippen molar-refractivity contribution in [2.24, 2.45) is 5.92 Å². The number of benzene rings is 2. The molecule has 1 fully saturated rings. The summed E-state index contributed by atoms with van der Waals surface area (Å²) in [5, 5.41) is 6.54. The summed E-state index contributed by atoms with van der Waals surface area (Å²) in [6.07, 6.45) is 0.892. The lowest BCUT2D eigenvalue weighted by atomic mass is 9.91. The maximum atomic E-state index is 12.6. The third-order valence-electron chi connectivity index (χ3n) is 6.56. The van der Waals surface area contributed by atoms with Crippen LogP contribution >= 0.6 is 0 Å². The van der Waals surface area contributed by atoms with Gasteiger partial charge in [-0.3, -0.25) is 9.59 Å². The van der Waals surface area contributed by atoms with Gasteiger partial charge < -0.3 is 25.2 Å². The molecule has 2 aromatic carbocycles. The fourth-order valence-electron chi connectivity index (χ4n) is 4.71. The molecule has 0 spiro atoms. The summed E-state index contributed by atoms with van der Waals surface area (Å²) in [6.45, 7) is 10.2. The fourth-order valence-corrected chi connectivity index (χ4v) is 4.71. The molecule has 36 heavy (non-hydrogen) atoms. The summed E-state index contributed by atoms with van der Waals surface area (Å²) >= 11 is 0. The zero-order valence-corrected chi connectivity index (χ0v) is 21.7. The first kappa shape index (κ1) is 25.5. The van der Waals surface area contributed by atoms with E-state index in [1.807, 2.05) is 75.1 Å². The van der Waals surface area contributed by atoms with E-state index in [2.05, 4.69) is 23.6 Å². The van der Waals surface area contributed by atoms with E-state index in [-0.39, 0.29) is 35.9 Å². The van der Waals surface area contributed by atoms with E-state index in [1.54, 1.807) is 4.90 Å². The summed E-state index contributed by atoms with van der Waals surface area (Å²) in [5.74, 6) is -0.218. The summed E-state index contributed by atoms with van der Waals surface area (Å²) in [5.41, 5.74) is 3.16. The number of hydrogen-bond donors (Lipinski definition) is 2. The third kappa shape index (κ3) is 5.64. The van der Waals surface area contributed by atoms with Gasteiger partial charge in [0.2, 0.25) is 11.8 Å². The molecular weight excluding hydrogens is 456 g/mol. The van der Waals surface area contributed by atoms with Crippen molar-refractivity contribution in [2.75, 3.05) is 28.6 Å². The highest BCUT2D eigenvalue weighted by Crippen LogP contribution is 2.39. The molecule has 0 aromatic heterocycles. The van der Waals surface area contributed by atoms with Crippen LogP contribution in [0.5, 0.6) is 0 Å². The predicted molar refractivity (Wildman–Crippen MR) is 141 cm³/mol.